The Hall–Kier alpha value is -3.16. The highest BCUT2D eigenvalue weighted by Gasteiger charge is 2.24. The molecule has 5 rings (SSSR count). The van der Waals surface area contributed by atoms with Crippen LogP contribution in [0.5, 0.6) is 0 Å². The van der Waals surface area contributed by atoms with Gasteiger partial charge in [0.1, 0.15) is 0 Å². The summed E-state index contributed by atoms with van der Waals surface area (Å²) in [5.74, 6) is -0.226. The number of pyridine rings is 2. The second-order valence-electron chi connectivity index (χ2n) is 7.24. The second kappa shape index (κ2) is 7.59. The molecule has 1 aromatic carbocycles. The third-order valence-corrected chi connectivity index (χ3v) is 5.73. The van der Waals surface area contributed by atoms with Crippen molar-refractivity contribution in [3.05, 3.63) is 59.1 Å². The largest absolute Gasteiger partial charge is 0.378 e. The number of halogens is 1. The zero-order valence-electron chi connectivity index (χ0n) is 16.4. The van der Waals surface area contributed by atoms with E-state index in [0.717, 1.165) is 27.5 Å². The minimum atomic E-state index is -0.226. The molecule has 0 spiro atoms. The van der Waals surface area contributed by atoms with Gasteiger partial charge < -0.3 is 19.9 Å². The molecule has 1 saturated heterocycles. The van der Waals surface area contributed by atoms with Gasteiger partial charge in [-0.3, -0.25) is 14.8 Å². The van der Waals surface area contributed by atoms with Gasteiger partial charge in [-0.25, -0.2) is 0 Å². The van der Waals surface area contributed by atoms with E-state index in [-0.39, 0.29) is 5.91 Å². The van der Waals surface area contributed by atoms with Crippen molar-refractivity contribution >= 4 is 50.7 Å². The average Bonchev–Trinajstić information content (AvgIpc) is 3.13. The summed E-state index contributed by atoms with van der Waals surface area (Å²) in [5.41, 5.74) is 4.35. The molecule has 0 unspecified atom stereocenters. The maximum atomic E-state index is 13.2. The topological polar surface area (TPSA) is 83.1 Å². The van der Waals surface area contributed by atoms with E-state index in [1.54, 1.807) is 30.7 Å². The number of fused-ring (bicyclic) bond motifs is 3. The van der Waals surface area contributed by atoms with E-state index < -0.39 is 0 Å². The van der Waals surface area contributed by atoms with Gasteiger partial charge in [0.05, 0.1) is 52.4 Å². The summed E-state index contributed by atoms with van der Waals surface area (Å²) < 4.78 is 5.51. The van der Waals surface area contributed by atoms with E-state index in [1.807, 2.05) is 19.1 Å². The molecule has 1 aliphatic heterocycles. The van der Waals surface area contributed by atoms with Crippen molar-refractivity contribution in [2.24, 2.45) is 0 Å². The number of carbonyl (C=O) groups excluding carboxylic acids is 1. The lowest BCUT2D eigenvalue weighted by molar-refractivity contribution is 0.102. The molecule has 0 radical (unpaired) electrons. The van der Waals surface area contributed by atoms with Crippen molar-refractivity contribution in [3.63, 3.8) is 0 Å². The smallest absolute Gasteiger partial charge is 0.257 e. The molecule has 0 aliphatic carbocycles. The van der Waals surface area contributed by atoms with Gasteiger partial charge in [-0.15, -0.1) is 0 Å². The number of amides is 1. The van der Waals surface area contributed by atoms with Crippen LogP contribution >= 0.6 is 11.6 Å². The van der Waals surface area contributed by atoms with Crippen molar-refractivity contribution in [1.82, 2.24) is 15.0 Å². The highest BCUT2D eigenvalue weighted by atomic mass is 35.5. The summed E-state index contributed by atoms with van der Waals surface area (Å²) >= 11 is 6.78. The Morgan fingerprint density at radius 3 is 2.87 bits per heavy atom. The molecule has 0 atom stereocenters. The number of aromatic nitrogens is 3. The fourth-order valence-corrected chi connectivity index (χ4v) is 4.29. The Morgan fingerprint density at radius 2 is 2.07 bits per heavy atom. The molecule has 152 valence electrons. The first-order valence-corrected chi connectivity index (χ1v) is 10.1. The molecule has 0 saturated carbocycles. The summed E-state index contributed by atoms with van der Waals surface area (Å²) in [5, 5.41) is 5.64. The number of hydrogen-bond donors (Lipinski definition) is 2. The van der Waals surface area contributed by atoms with Crippen LogP contribution < -0.4 is 10.2 Å². The number of morpholine rings is 1. The van der Waals surface area contributed by atoms with E-state index in [9.17, 15) is 4.79 Å². The first-order valence-electron chi connectivity index (χ1n) is 9.77. The lowest BCUT2D eigenvalue weighted by atomic mass is 10.1. The zero-order valence-corrected chi connectivity index (χ0v) is 17.2. The van der Waals surface area contributed by atoms with Crippen LogP contribution in [0.1, 0.15) is 16.1 Å². The van der Waals surface area contributed by atoms with Crippen molar-refractivity contribution in [2.75, 3.05) is 36.5 Å². The average molecular weight is 422 g/mol. The summed E-state index contributed by atoms with van der Waals surface area (Å²) in [7, 11) is 0. The van der Waals surface area contributed by atoms with E-state index in [2.05, 4.69) is 25.2 Å². The van der Waals surface area contributed by atoms with Gasteiger partial charge in [0.15, 0.2) is 0 Å². The highest BCUT2D eigenvalue weighted by molar-refractivity contribution is 6.36. The molecular weight excluding hydrogens is 402 g/mol. The van der Waals surface area contributed by atoms with Crippen LogP contribution in [-0.2, 0) is 4.74 Å². The monoisotopic (exact) mass is 421 g/mol. The van der Waals surface area contributed by atoms with Gasteiger partial charge in [0.25, 0.3) is 5.91 Å². The van der Waals surface area contributed by atoms with E-state index >= 15 is 0 Å². The molecule has 8 heteroatoms. The molecule has 1 amide bonds. The summed E-state index contributed by atoms with van der Waals surface area (Å²) in [6.45, 7) is 4.43. The number of H-pyrrole nitrogens is 1. The molecule has 4 aromatic rings. The SMILES string of the molecule is Cc1ncccc1C(=O)Nc1c(N2CCOCC2)c(Cl)cc2c1[nH]c1cnccc12. The van der Waals surface area contributed by atoms with E-state index in [0.29, 0.717) is 48.3 Å². The maximum absolute atomic E-state index is 13.2. The van der Waals surface area contributed by atoms with Gasteiger partial charge in [0.2, 0.25) is 0 Å². The van der Waals surface area contributed by atoms with Gasteiger partial charge >= 0.3 is 0 Å². The highest BCUT2D eigenvalue weighted by Crippen LogP contribution is 2.43. The molecule has 30 heavy (non-hydrogen) atoms. The number of benzene rings is 1. The van der Waals surface area contributed by atoms with Crippen LogP contribution in [0.3, 0.4) is 0 Å². The predicted octanol–water partition coefficient (Wildman–Crippen LogP) is 4.16. The first kappa shape index (κ1) is 18.8. The minimum Gasteiger partial charge on any atom is -0.378 e. The van der Waals surface area contributed by atoms with Crippen LogP contribution in [0, 0.1) is 6.92 Å². The van der Waals surface area contributed by atoms with Crippen LogP contribution in [0.15, 0.2) is 42.9 Å². The molecule has 0 bridgehead atoms. The minimum absolute atomic E-state index is 0.226. The predicted molar refractivity (Wildman–Crippen MR) is 119 cm³/mol. The van der Waals surface area contributed by atoms with Crippen molar-refractivity contribution < 1.29 is 9.53 Å². The molecule has 7 nitrogen and oxygen atoms in total. The Morgan fingerprint density at radius 1 is 1.23 bits per heavy atom. The third kappa shape index (κ3) is 3.16. The number of anilines is 2. The number of rotatable bonds is 3. The van der Waals surface area contributed by atoms with Crippen LogP contribution in [0.2, 0.25) is 5.02 Å². The number of nitrogens with zero attached hydrogens (tertiary/aromatic N) is 3. The number of carbonyl (C=O) groups is 1. The lowest BCUT2D eigenvalue weighted by Crippen LogP contribution is -2.37. The fourth-order valence-electron chi connectivity index (χ4n) is 3.97. The fraction of sp³-hybridized carbons (Fsp3) is 0.227. The first-order chi connectivity index (χ1) is 14.6. The lowest BCUT2D eigenvalue weighted by Gasteiger charge is -2.31. The Labute approximate surface area is 178 Å². The van der Waals surface area contributed by atoms with E-state index in [1.165, 1.54) is 0 Å². The van der Waals surface area contributed by atoms with Gasteiger partial charge in [-0.05, 0) is 31.2 Å². The van der Waals surface area contributed by atoms with E-state index in [4.69, 9.17) is 16.3 Å². The van der Waals surface area contributed by atoms with Crippen LogP contribution in [-0.4, -0.2) is 47.2 Å². The molecule has 3 aromatic heterocycles. The van der Waals surface area contributed by atoms with Gasteiger partial charge in [0, 0.05) is 41.9 Å². The normalized spacial score (nSPS) is 14.4. The Balaban J connectivity index is 1.71. The standard InChI is InChI=1S/C22H20ClN5O2/c1-13-14(3-2-5-25-13)22(29)27-20-19-16(15-4-6-24-12-18(15)26-19)11-17(23)21(20)28-7-9-30-10-8-28/h2-6,11-12,26H,7-10H2,1H3,(H,27,29). The molecule has 1 aliphatic rings. The van der Waals surface area contributed by atoms with Crippen molar-refractivity contribution in [3.8, 4) is 0 Å². The molecular formula is C22H20ClN5O2. The van der Waals surface area contributed by atoms with Crippen LogP contribution in [0.4, 0.5) is 11.4 Å². The number of hydrogen-bond acceptors (Lipinski definition) is 5. The number of ether oxygens (including phenoxy) is 1. The van der Waals surface area contributed by atoms with Crippen molar-refractivity contribution in [2.45, 2.75) is 6.92 Å². The Bertz CT molecular complexity index is 1260. The van der Waals surface area contributed by atoms with Crippen molar-refractivity contribution in [1.29, 1.82) is 0 Å². The quantitative estimate of drug-likeness (QED) is 0.519. The molecule has 4 heterocycles. The summed E-state index contributed by atoms with van der Waals surface area (Å²) in [6.07, 6.45) is 5.19. The zero-order chi connectivity index (χ0) is 20.7. The summed E-state index contributed by atoms with van der Waals surface area (Å²) in [6, 6.07) is 7.41. The molecule has 2 N–H and O–H groups in total. The summed E-state index contributed by atoms with van der Waals surface area (Å²) in [4.78, 5) is 27.2. The third-order valence-electron chi connectivity index (χ3n) is 5.44. The van der Waals surface area contributed by atoms with Crippen LogP contribution in [0.25, 0.3) is 21.8 Å². The van der Waals surface area contributed by atoms with Gasteiger partial charge in [-0.1, -0.05) is 11.6 Å². The molecule has 1 fully saturated rings. The second-order valence-corrected chi connectivity index (χ2v) is 7.65. The number of nitrogens with one attached hydrogen (secondary N) is 2. The number of aromatic amines is 1. The Kier molecular flexibility index (Phi) is 4.77. The van der Waals surface area contributed by atoms with Gasteiger partial charge in [-0.2, -0.15) is 0 Å². The number of aryl methyl sites for hydroxylation is 1. The maximum Gasteiger partial charge on any atom is 0.257 e.